The minimum absolute atomic E-state index is 0.112. The molecule has 1 aliphatic rings. The van der Waals surface area contributed by atoms with E-state index in [0.717, 1.165) is 37.1 Å². The molecular formula is C12H23IO2. The molecule has 0 aromatic rings. The maximum absolute atomic E-state index is 6.15. The summed E-state index contributed by atoms with van der Waals surface area (Å²) in [6.07, 6.45) is 4.66. The molecule has 90 valence electrons. The lowest BCUT2D eigenvalue weighted by Crippen LogP contribution is -2.41. The summed E-state index contributed by atoms with van der Waals surface area (Å²) in [5.41, 5.74) is 0.112. The molecule has 0 aromatic carbocycles. The van der Waals surface area contributed by atoms with Crippen LogP contribution in [0.5, 0.6) is 0 Å². The second-order valence-corrected chi connectivity index (χ2v) is 5.40. The molecular weight excluding hydrogens is 303 g/mol. The highest BCUT2D eigenvalue weighted by atomic mass is 127. The Labute approximate surface area is 107 Å². The highest BCUT2D eigenvalue weighted by Gasteiger charge is 2.32. The van der Waals surface area contributed by atoms with Gasteiger partial charge in [0.05, 0.1) is 5.60 Å². The molecule has 3 heteroatoms. The van der Waals surface area contributed by atoms with Gasteiger partial charge in [0.2, 0.25) is 0 Å². The van der Waals surface area contributed by atoms with Crippen molar-refractivity contribution in [3.63, 3.8) is 0 Å². The van der Waals surface area contributed by atoms with Gasteiger partial charge in [-0.2, -0.15) is 0 Å². The van der Waals surface area contributed by atoms with Crippen LogP contribution < -0.4 is 0 Å². The summed E-state index contributed by atoms with van der Waals surface area (Å²) in [7, 11) is 0. The molecule has 0 amide bonds. The summed E-state index contributed by atoms with van der Waals surface area (Å²) in [6, 6.07) is 0. The van der Waals surface area contributed by atoms with Gasteiger partial charge < -0.3 is 9.47 Å². The standard InChI is InChI=1S/C12H23IO2/c1-3-4-11(2)9-15-12(10-13)5-7-14-8-6-12/h11H,3-10H2,1-2H3. The Morgan fingerprint density at radius 1 is 1.40 bits per heavy atom. The van der Waals surface area contributed by atoms with E-state index in [4.69, 9.17) is 9.47 Å². The normalized spacial score (nSPS) is 22.6. The fourth-order valence-electron chi connectivity index (χ4n) is 1.96. The molecule has 1 unspecified atom stereocenters. The lowest BCUT2D eigenvalue weighted by molar-refractivity contribution is -0.103. The first kappa shape index (κ1) is 13.7. The Bertz CT molecular complexity index is 167. The summed E-state index contributed by atoms with van der Waals surface area (Å²) < 4.78 is 12.6. The van der Waals surface area contributed by atoms with E-state index in [2.05, 4.69) is 36.4 Å². The van der Waals surface area contributed by atoms with E-state index in [-0.39, 0.29) is 5.60 Å². The van der Waals surface area contributed by atoms with Crippen LogP contribution in [-0.2, 0) is 9.47 Å². The predicted octanol–water partition coefficient (Wildman–Crippen LogP) is 3.42. The zero-order chi connectivity index (χ0) is 11.1. The minimum atomic E-state index is 0.112. The highest BCUT2D eigenvalue weighted by molar-refractivity contribution is 14.1. The zero-order valence-electron chi connectivity index (χ0n) is 9.93. The van der Waals surface area contributed by atoms with Crippen molar-refractivity contribution >= 4 is 22.6 Å². The van der Waals surface area contributed by atoms with Gasteiger partial charge in [-0.25, -0.2) is 0 Å². The van der Waals surface area contributed by atoms with Crippen LogP contribution in [0.1, 0.15) is 39.5 Å². The molecule has 2 nitrogen and oxygen atoms in total. The second-order valence-electron chi connectivity index (χ2n) is 4.63. The van der Waals surface area contributed by atoms with Gasteiger partial charge in [-0.15, -0.1) is 0 Å². The van der Waals surface area contributed by atoms with Crippen LogP contribution >= 0.6 is 22.6 Å². The molecule has 1 atom stereocenters. The van der Waals surface area contributed by atoms with Gasteiger partial charge in [0.15, 0.2) is 0 Å². The third-order valence-corrected chi connectivity index (χ3v) is 4.49. The first-order valence-electron chi connectivity index (χ1n) is 6.00. The molecule has 1 heterocycles. The minimum Gasteiger partial charge on any atom is -0.381 e. The Balaban J connectivity index is 2.32. The van der Waals surface area contributed by atoms with Crippen molar-refractivity contribution in [2.75, 3.05) is 24.2 Å². The molecule has 1 saturated heterocycles. The molecule has 1 fully saturated rings. The van der Waals surface area contributed by atoms with E-state index < -0.39 is 0 Å². The number of hydrogen-bond donors (Lipinski definition) is 0. The van der Waals surface area contributed by atoms with Crippen molar-refractivity contribution in [3.05, 3.63) is 0 Å². The summed E-state index contributed by atoms with van der Waals surface area (Å²) in [5.74, 6) is 0.692. The lowest BCUT2D eigenvalue weighted by atomic mass is 9.96. The van der Waals surface area contributed by atoms with Crippen molar-refractivity contribution in [3.8, 4) is 0 Å². The maximum atomic E-state index is 6.15. The molecule has 0 aliphatic carbocycles. The van der Waals surface area contributed by atoms with Crippen molar-refractivity contribution in [2.45, 2.75) is 45.1 Å². The van der Waals surface area contributed by atoms with Crippen LogP contribution in [0, 0.1) is 5.92 Å². The Morgan fingerprint density at radius 2 is 2.07 bits per heavy atom. The third kappa shape index (κ3) is 4.57. The molecule has 0 N–H and O–H groups in total. The van der Waals surface area contributed by atoms with Crippen LogP contribution in [-0.4, -0.2) is 29.8 Å². The molecule has 15 heavy (non-hydrogen) atoms. The van der Waals surface area contributed by atoms with Gasteiger partial charge in [0.25, 0.3) is 0 Å². The van der Waals surface area contributed by atoms with E-state index in [1.165, 1.54) is 12.8 Å². The number of ether oxygens (including phenoxy) is 2. The van der Waals surface area contributed by atoms with E-state index in [9.17, 15) is 0 Å². The quantitative estimate of drug-likeness (QED) is 0.550. The van der Waals surface area contributed by atoms with E-state index >= 15 is 0 Å². The van der Waals surface area contributed by atoms with Crippen LogP contribution in [0.15, 0.2) is 0 Å². The van der Waals surface area contributed by atoms with Crippen molar-refractivity contribution in [1.29, 1.82) is 0 Å². The molecule has 0 radical (unpaired) electrons. The van der Waals surface area contributed by atoms with E-state index in [1.807, 2.05) is 0 Å². The molecule has 0 saturated carbocycles. The SMILES string of the molecule is CCCC(C)COC1(CI)CCOCC1. The first-order valence-corrected chi connectivity index (χ1v) is 7.52. The Kier molecular flexibility index (Phi) is 6.46. The third-order valence-electron chi connectivity index (χ3n) is 3.10. The van der Waals surface area contributed by atoms with E-state index in [0.29, 0.717) is 5.92 Å². The summed E-state index contributed by atoms with van der Waals surface area (Å²) >= 11 is 2.45. The monoisotopic (exact) mass is 326 g/mol. The number of alkyl halides is 1. The number of hydrogen-bond acceptors (Lipinski definition) is 2. The lowest BCUT2D eigenvalue weighted by Gasteiger charge is -2.36. The Hall–Kier alpha value is 0.650. The average molecular weight is 326 g/mol. The van der Waals surface area contributed by atoms with Gasteiger partial charge in [0, 0.05) is 37.1 Å². The summed E-state index contributed by atoms with van der Waals surface area (Å²) in [5, 5.41) is 0. The topological polar surface area (TPSA) is 18.5 Å². The second kappa shape index (κ2) is 7.07. The van der Waals surface area contributed by atoms with Crippen LogP contribution in [0.3, 0.4) is 0 Å². The fourth-order valence-corrected chi connectivity index (χ4v) is 2.94. The Morgan fingerprint density at radius 3 is 2.60 bits per heavy atom. The molecule has 1 rings (SSSR count). The van der Waals surface area contributed by atoms with Crippen LogP contribution in [0.2, 0.25) is 0 Å². The number of rotatable bonds is 6. The zero-order valence-corrected chi connectivity index (χ0v) is 12.1. The highest BCUT2D eigenvalue weighted by Crippen LogP contribution is 2.28. The maximum Gasteiger partial charge on any atom is 0.0815 e. The predicted molar refractivity (Wildman–Crippen MR) is 71.7 cm³/mol. The van der Waals surface area contributed by atoms with Crippen molar-refractivity contribution in [1.82, 2.24) is 0 Å². The fraction of sp³-hybridized carbons (Fsp3) is 1.00. The molecule has 0 spiro atoms. The number of halogens is 1. The van der Waals surface area contributed by atoms with Gasteiger partial charge >= 0.3 is 0 Å². The smallest absolute Gasteiger partial charge is 0.0815 e. The molecule has 0 bridgehead atoms. The van der Waals surface area contributed by atoms with Crippen LogP contribution in [0.4, 0.5) is 0 Å². The van der Waals surface area contributed by atoms with Gasteiger partial charge in [-0.3, -0.25) is 0 Å². The van der Waals surface area contributed by atoms with Gasteiger partial charge in [-0.1, -0.05) is 42.9 Å². The first-order chi connectivity index (χ1) is 7.22. The van der Waals surface area contributed by atoms with Crippen LogP contribution in [0.25, 0.3) is 0 Å². The van der Waals surface area contributed by atoms with Gasteiger partial charge in [-0.05, 0) is 12.3 Å². The van der Waals surface area contributed by atoms with Crippen molar-refractivity contribution < 1.29 is 9.47 Å². The van der Waals surface area contributed by atoms with Crippen molar-refractivity contribution in [2.24, 2.45) is 5.92 Å². The molecule has 0 aromatic heterocycles. The summed E-state index contributed by atoms with van der Waals surface area (Å²) in [6.45, 7) is 7.16. The summed E-state index contributed by atoms with van der Waals surface area (Å²) in [4.78, 5) is 0. The van der Waals surface area contributed by atoms with Gasteiger partial charge in [0.1, 0.15) is 0 Å². The van der Waals surface area contributed by atoms with E-state index in [1.54, 1.807) is 0 Å². The molecule has 1 aliphatic heterocycles. The average Bonchev–Trinajstić information content (AvgIpc) is 2.28. The largest absolute Gasteiger partial charge is 0.381 e.